The fraction of sp³-hybridized carbons (Fsp3) is 0.444. The van der Waals surface area contributed by atoms with Crippen molar-refractivity contribution in [2.45, 2.75) is 40.2 Å². The zero-order chi connectivity index (χ0) is 16.8. The van der Waals surface area contributed by atoms with Crippen LogP contribution in [0.2, 0.25) is 0 Å². The molecule has 1 N–H and O–H groups in total. The summed E-state index contributed by atoms with van der Waals surface area (Å²) in [7, 11) is 2.06. The second-order valence-electron chi connectivity index (χ2n) is 6.09. The smallest absolute Gasteiger partial charge is 0.224 e. The van der Waals surface area contributed by atoms with Gasteiger partial charge in [0.1, 0.15) is 5.01 Å². The number of hydrogen-bond donors (Lipinski definition) is 1. The number of benzene rings is 1. The highest BCUT2D eigenvalue weighted by Crippen LogP contribution is 2.22. The van der Waals surface area contributed by atoms with Crippen LogP contribution in [0.3, 0.4) is 0 Å². The minimum Gasteiger partial charge on any atom is -0.326 e. The predicted octanol–water partition coefficient (Wildman–Crippen LogP) is 3.92. The minimum absolute atomic E-state index is 0.0858. The molecule has 1 amide bonds. The number of anilines is 1. The summed E-state index contributed by atoms with van der Waals surface area (Å²) in [5.74, 6) is 0.0858. The van der Waals surface area contributed by atoms with Gasteiger partial charge in [-0.2, -0.15) is 0 Å². The van der Waals surface area contributed by atoms with Crippen molar-refractivity contribution in [1.82, 2.24) is 9.88 Å². The van der Waals surface area contributed by atoms with Crippen LogP contribution in [0.15, 0.2) is 23.7 Å². The number of hydrogen-bond acceptors (Lipinski definition) is 4. The highest BCUT2D eigenvalue weighted by atomic mass is 32.1. The Morgan fingerprint density at radius 2 is 1.96 bits per heavy atom. The summed E-state index contributed by atoms with van der Waals surface area (Å²) in [5, 5.41) is 6.16. The van der Waals surface area contributed by atoms with Crippen LogP contribution in [0.25, 0.3) is 0 Å². The molecule has 0 aliphatic rings. The Labute approximate surface area is 142 Å². The van der Waals surface area contributed by atoms with Crippen LogP contribution >= 0.6 is 11.3 Å². The van der Waals surface area contributed by atoms with Gasteiger partial charge in [0.2, 0.25) is 5.91 Å². The maximum Gasteiger partial charge on any atom is 0.224 e. The van der Waals surface area contributed by atoms with E-state index in [0.717, 1.165) is 41.3 Å². The molecule has 0 atom stereocenters. The molecule has 0 unspecified atom stereocenters. The summed E-state index contributed by atoms with van der Waals surface area (Å²) in [4.78, 5) is 18.6. The molecule has 5 heteroatoms. The van der Waals surface area contributed by atoms with E-state index in [1.54, 1.807) is 11.3 Å². The number of aryl methyl sites for hydroxylation is 3. The Bertz CT molecular complexity index is 629. The zero-order valence-electron chi connectivity index (χ0n) is 14.3. The van der Waals surface area contributed by atoms with Crippen molar-refractivity contribution in [3.63, 3.8) is 0 Å². The van der Waals surface area contributed by atoms with Crippen LogP contribution in [0.5, 0.6) is 0 Å². The predicted molar refractivity (Wildman–Crippen MR) is 97.0 cm³/mol. The van der Waals surface area contributed by atoms with Gasteiger partial charge in [0, 0.05) is 23.7 Å². The number of amides is 1. The molecule has 1 aromatic carbocycles. The maximum absolute atomic E-state index is 12.2. The Morgan fingerprint density at radius 3 is 2.57 bits per heavy atom. The van der Waals surface area contributed by atoms with Gasteiger partial charge in [-0.15, -0.1) is 11.3 Å². The Morgan fingerprint density at radius 1 is 1.26 bits per heavy atom. The Balaban J connectivity index is 1.77. The van der Waals surface area contributed by atoms with Crippen LogP contribution in [0.4, 0.5) is 5.69 Å². The average Bonchev–Trinajstić information content (AvgIpc) is 2.95. The fourth-order valence-corrected chi connectivity index (χ4v) is 3.43. The van der Waals surface area contributed by atoms with Gasteiger partial charge in [-0.25, -0.2) is 4.98 Å². The Kier molecular flexibility index (Phi) is 6.30. The van der Waals surface area contributed by atoms with E-state index in [-0.39, 0.29) is 5.91 Å². The number of aromatic nitrogens is 1. The van der Waals surface area contributed by atoms with Crippen molar-refractivity contribution in [2.75, 3.05) is 18.9 Å². The second kappa shape index (κ2) is 8.22. The molecule has 124 valence electrons. The van der Waals surface area contributed by atoms with Crippen LogP contribution in [0, 0.1) is 20.8 Å². The van der Waals surface area contributed by atoms with E-state index in [1.165, 1.54) is 5.56 Å². The van der Waals surface area contributed by atoms with E-state index in [0.29, 0.717) is 6.42 Å². The van der Waals surface area contributed by atoms with Crippen LogP contribution in [-0.4, -0.2) is 29.4 Å². The zero-order valence-corrected chi connectivity index (χ0v) is 15.2. The van der Waals surface area contributed by atoms with Gasteiger partial charge >= 0.3 is 0 Å². The topological polar surface area (TPSA) is 45.2 Å². The monoisotopic (exact) mass is 331 g/mol. The molecule has 1 heterocycles. The third-order valence-electron chi connectivity index (χ3n) is 3.77. The molecule has 0 fully saturated rings. The summed E-state index contributed by atoms with van der Waals surface area (Å²) in [6.45, 7) is 7.88. The highest BCUT2D eigenvalue weighted by molar-refractivity contribution is 7.09. The van der Waals surface area contributed by atoms with E-state index < -0.39 is 0 Å². The minimum atomic E-state index is 0.0858. The van der Waals surface area contributed by atoms with Gasteiger partial charge in [0.15, 0.2) is 0 Å². The third-order valence-corrected chi connectivity index (χ3v) is 4.54. The van der Waals surface area contributed by atoms with E-state index in [9.17, 15) is 4.79 Å². The first-order chi connectivity index (χ1) is 11.0. The molecule has 2 rings (SSSR count). The SMILES string of the molecule is Cc1cc(C)c(NC(=O)CCCN(C)Cc2nccs2)c(C)c1. The molecule has 0 radical (unpaired) electrons. The van der Waals surface area contributed by atoms with Gasteiger partial charge < -0.3 is 5.32 Å². The summed E-state index contributed by atoms with van der Waals surface area (Å²) in [6, 6.07) is 4.20. The molecular weight excluding hydrogens is 306 g/mol. The number of nitrogens with one attached hydrogen (secondary N) is 1. The van der Waals surface area contributed by atoms with Gasteiger partial charge in [0.25, 0.3) is 0 Å². The van der Waals surface area contributed by atoms with Crippen molar-refractivity contribution >= 4 is 22.9 Å². The number of rotatable bonds is 7. The summed E-state index contributed by atoms with van der Waals surface area (Å²) < 4.78 is 0. The summed E-state index contributed by atoms with van der Waals surface area (Å²) >= 11 is 1.67. The first kappa shape index (κ1) is 17.6. The maximum atomic E-state index is 12.2. The fourth-order valence-electron chi connectivity index (χ4n) is 2.73. The second-order valence-corrected chi connectivity index (χ2v) is 7.07. The van der Waals surface area contributed by atoms with E-state index in [4.69, 9.17) is 0 Å². The lowest BCUT2D eigenvalue weighted by Crippen LogP contribution is -2.21. The first-order valence-corrected chi connectivity index (χ1v) is 8.78. The summed E-state index contributed by atoms with van der Waals surface area (Å²) in [5.41, 5.74) is 4.42. The number of carbonyl (C=O) groups is 1. The van der Waals surface area contributed by atoms with Crippen molar-refractivity contribution in [2.24, 2.45) is 0 Å². The molecule has 4 nitrogen and oxygen atoms in total. The van der Waals surface area contributed by atoms with Crippen molar-refractivity contribution < 1.29 is 4.79 Å². The van der Waals surface area contributed by atoms with E-state index >= 15 is 0 Å². The van der Waals surface area contributed by atoms with Crippen molar-refractivity contribution in [1.29, 1.82) is 0 Å². The molecule has 0 aliphatic heterocycles. The molecule has 0 saturated heterocycles. The third kappa shape index (κ3) is 5.44. The molecule has 0 aliphatic carbocycles. The molecule has 2 aromatic rings. The van der Waals surface area contributed by atoms with E-state index in [2.05, 4.69) is 41.3 Å². The lowest BCUT2D eigenvalue weighted by atomic mass is 10.0. The number of nitrogens with zero attached hydrogens (tertiary/aromatic N) is 2. The van der Waals surface area contributed by atoms with E-state index in [1.807, 2.05) is 25.4 Å². The van der Waals surface area contributed by atoms with Gasteiger partial charge in [0.05, 0.1) is 6.54 Å². The average molecular weight is 331 g/mol. The molecule has 0 saturated carbocycles. The summed E-state index contributed by atoms with van der Waals surface area (Å²) in [6.07, 6.45) is 3.21. The van der Waals surface area contributed by atoms with Crippen LogP contribution in [-0.2, 0) is 11.3 Å². The van der Waals surface area contributed by atoms with Crippen LogP contribution in [0.1, 0.15) is 34.5 Å². The van der Waals surface area contributed by atoms with Gasteiger partial charge in [-0.05, 0) is 51.9 Å². The van der Waals surface area contributed by atoms with Gasteiger partial charge in [-0.1, -0.05) is 17.7 Å². The molecule has 23 heavy (non-hydrogen) atoms. The lowest BCUT2D eigenvalue weighted by Gasteiger charge is -2.16. The largest absolute Gasteiger partial charge is 0.326 e. The van der Waals surface area contributed by atoms with Crippen LogP contribution < -0.4 is 5.32 Å². The van der Waals surface area contributed by atoms with Gasteiger partial charge in [-0.3, -0.25) is 9.69 Å². The first-order valence-electron chi connectivity index (χ1n) is 7.90. The standard InChI is InChI=1S/C18H25N3OS/c1-13-10-14(2)18(15(3)11-13)20-16(22)6-5-8-21(4)12-17-19-7-9-23-17/h7,9-11H,5-6,8,12H2,1-4H3,(H,20,22). The molecule has 0 spiro atoms. The van der Waals surface area contributed by atoms with Crippen molar-refractivity contribution in [3.05, 3.63) is 45.4 Å². The Hall–Kier alpha value is -1.72. The number of carbonyl (C=O) groups excluding carboxylic acids is 1. The molecule has 1 aromatic heterocycles. The molecular formula is C18H25N3OS. The lowest BCUT2D eigenvalue weighted by molar-refractivity contribution is -0.116. The highest BCUT2D eigenvalue weighted by Gasteiger charge is 2.09. The quantitative estimate of drug-likeness (QED) is 0.836. The normalized spacial score (nSPS) is 11.0. The molecule has 0 bridgehead atoms. The number of thiazole rings is 1. The van der Waals surface area contributed by atoms with Crippen molar-refractivity contribution in [3.8, 4) is 0 Å².